The Morgan fingerprint density at radius 2 is 1.67 bits per heavy atom. The first-order valence-corrected chi connectivity index (χ1v) is 9.70. The molecule has 24 heavy (non-hydrogen) atoms. The highest BCUT2D eigenvalue weighted by Crippen LogP contribution is 2.18. The molecule has 1 aromatic carbocycles. The van der Waals surface area contributed by atoms with E-state index in [1.807, 2.05) is 37.8 Å². The number of nitrogens with zero attached hydrogens (tertiary/aromatic N) is 3. The van der Waals surface area contributed by atoms with Gasteiger partial charge in [-0.1, -0.05) is 17.7 Å². The van der Waals surface area contributed by atoms with Gasteiger partial charge in [0.05, 0.1) is 11.4 Å². The molecule has 0 saturated carbocycles. The Bertz CT molecular complexity index is 663. The van der Waals surface area contributed by atoms with E-state index in [4.69, 9.17) is 0 Å². The highest BCUT2D eigenvalue weighted by molar-refractivity contribution is 7.89. The highest BCUT2D eigenvalue weighted by atomic mass is 32.2. The summed E-state index contributed by atoms with van der Waals surface area (Å²) in [6.07, 6.45) is 0. The molecule has 1 saturated heterocycles. The van der Waals surface area contributed by atoms with E-state index in [2.05, 4.69) is 0 Å². The highest BCUT2D eigenvalue weighted by Gasteiger charge is 2.29. The SMILES string of the molecule is Cc1ccc(S(=O)(=O)N2CCN(CC(=O)N(C)C(C)C)CC2)cc1. The van der Waals surface area contributed by atoms with Crippen LogP contribution in [0, 0.1) is 6.92 Å². The normalized spacial score (nSPS) is 17.2. The van der Waals surface area contributed by atoms with Gasteiger partial charge in [0.1, 0.15) is 0 Å². The average molecular weight is 353 g/mol. The van der Waals surface area contributed by atoms with Gasteiger partial charge in [0.2, 0.25) is 15.9 Å². The van der Waals surface area contributed by atoms with E-state index in [9.17, 15) is 13.2 Å². The van der Waals surface area contributed by atoms with Crippen LogP contribution in [0.15, 0.2) is 29.2 Å². The molecule has 0 atom stereocenters. The third-order valence-electron chi connectivity index (χ3n) is 4.52. The van der Waals surface area contributed by atoms with Crippen LogP contribution >= 0.6 is 0 Å². The molecule has 6 nitrogen and oxygen atoms in total. The molecule has 0 aromatic heterocycles. The number of aryl methyl sites for hydroxylation is 1. The number of hydrogen-bond donors (Lipinski definition) is 0. The molecule has 0 spiro atoms. The van der Waals surface area contributed by atoms with Crippen LogP contribution in [0.2, 0.25) is 0 Å². The van der Waals surface area contributed by atoms with Gasteiger partial charge >= 0.3 is 0 Å². The number of carbonyl (C=O) groups excluding carboxylic acids is 1. The second-order valence-corrected chi connectivity index (χ2v) is 8.53. The maximum absolute atomic E-state index is 12.7. The van der Waals surface area contributed by atoms with Gasteiger partial charge in [-0.05, 0) is 32.9 Å². The predicted molar refractivity (Wildman–Crippen MR) is 94.3 cm³/mol. The number of rotatable bonds is 5. The molecule has 0 bridgehead atoms. The number of piperazine rings is 1. The summed E-state index contributed by atoms with van der Waals surface area (Å²) in [6, 6.07) is 7.09. The average Bonchev–Trinajstić information content (AvgIpc) is 2.55. The molecule has 0 N–H and O–H groups in total. The molecule has 7 heteroatoms. The minimum Gasteiger partial charge on any atom is -0.342 e. The first kappa shape index (κ1) is 18.9. The summed E-state index contributed by atoms with van der Waals surface area (Å²) in [5.41, 5.74) is 1.03. The molecule has 0 aliphatic carbocycles. The summed E-state index contributed by atoms with van der Waals surface area (Å²) >= 11 is 0. The fourth-order valence-corrected chi connectivity index (χ4v) is 4.00. The van der Waals surface area contributed by atoms with Crippen LogP contribution in [-0.2, 0) is 14.8 Å². The molecule has 0 unspecified atom stereocenters. The minimum atomic E-state index is -3.45. The third-order valence-corrected chi connectivity index (χ3v) is 6.43. The Kier molecular flexibility index (Phi) is 6.01. The molecular formula is C17H27N3O3S. The van der Waals surface area contributed by atoms with Crippen molar-refractivity contribution in [3.63, 3.8) is 0 Å². The molecule has 0 radical (unpaired) electrons. The van der Waals surface area contributed by atoms with Crippen LogP contribution in [0.3, 0.4) is 0 Å². The van der Waals surface area contributed by atoms with Gasteiger partial charge in [0.15, 0.2) is 0 Å². The van der Waals surface area contributed by atoms with E-state index in [0.29, 0.717) is 37.6 Å². The number of carbonyl (C=O) groups is 1. The fraction of sp³-hybridized carbons (Fsp3) is 0.588. The number of sulfonamides is 1. The molecule has 2 rings (SSSR count). The van der Waals surface area contributed by atoms with E-state index in [1.54, 1.807) is 24.1 Å². The van der Waals surface area contributed by atoms with Crippen LogP contribution in [0.1, 0.15) is 19.4 Å². The molecule has 1 amide bonds. The summed E-state index contributed by atoms with van der Waals surface area (Å²) in [7, 11) is -1.65. The van der Waals surface area contributed by atoms with Crippen molar-refractivity contribution < 1.29 is 13.2 Å². The van der Waals surface area contributed by atoms with Gasteiger partial charge in [-0.25, -0.2) is 8.42 Å². The summed E-state index contributed by atoms with van der Waals surface area (Å²) in [5, 5.41) is 0. The molecule has 1 fully saturated rings. The van der Waals surface area contributed by atoms with Crippen LogP contribution in [0.25, 0.3) is 0 Å². The van der Waals surface area contributed by atoms with E-state index >= 15 is 0 Å². The Morgan fingerprint density at radius 1 is 1.12 bits per heavy atom. The Balaban J connectivity index is 1.95. The van der Waals surface area contributed by atoms with E-state index in [0.717, 1.165) is 5.56 Å². The van der Waals surface area contributed by atoms with E-state index in [1.165, 1.54) is 4.31 Å². The molecule has 134 valence electrons. The van der Waals surface area contributed by atoms with Gasteiger partial charge < -0.3 is 4.90 Å². The molecule has 1 aliphatic rings. The molecule has 1 aliphatic heterocycles. The van der Waals surface area contributed by atoms with Gasteiger partial charge in [0, 0.05) is 39.3 Å². The van der Waals surface area contributed by atoms with E-state index in [-0.39, 0.29) is 11.9 Å². The zero-order chi connectivity index (χ0) is 17.9. The number of likely N-dealkylation sites (N-methyl/N-ethyl adjacent to an activating group) is 1. The second-order valence-electron chi connectivity index (χ2n) is 6.59. The summed E-state index contributed by atoms with van der Waals surface area (Å²) in [4.78, 5) is 16.2. The van der Waals surface area contributed by atoms with Crippen molar-refractivity contribution in [2.24, 2.45) is 0 Å². The van der Waals surface area contributed by atoms with Crippen molar-refractivity contribution >= 4 is 15.9 Å². The van der Waals surface area contributed by atoms with Crippen molar-refractivity contribution in [2.45, 2.75) is 31.7 Å². The Hall–Kier alpha value is -1.44. The zero-order valence-electron chi connectivity index (χ0n) is 14.9. The summed E-state index contributed by atoms with van der Waals surface area (Å²) in [5.74, 6) is 0.0693. The molecule has 1 heterocycles. The number of benzene rings is 1. The maximum atomic E-state index is 12.7. The minimum absolute atomic E-state index is 0.0693. The molecular weight excluding hydrogens is 326 g/mol. The largest absolute Gasteiger partial charge is 0.342 e. The van der Waals surface area contributed by atoms with Gasteiger partial charge in [0.25, 0.3) is 0 Å². The lowest BCUT2D eigenvalue weighted by Gasteiger charge is -2.34. The summed E-state index contributed by atoms with van der Waals surface area (Å²) < 4.78 is 26.8. The van der Waals surface area contributed by atoms with Gasteiger partial charge in [-0.15, -0.1) is 0 Å². The van der Waals surface area contributed by atoms with Crippen molar-refractivity contribution in [3.05, 3.63) is 29.8 Å². The lowest BCUT2D eigenvalue weighted by molar-refractivity contribution is -0.132. The monoisotopic (exact) mass is 353 g/mol. The third kappa shape index (κ3) is 4.34. The standard InChI is InChI=1S/C17H27N3O3S/c1-14(2)18(4)17(21)13-19-9-11-20(12-10-19)24(22,23)16-7-5-15(3)6-8-16/h5-8,14H,9-13H2,1-4H3. The quantitative estimate of drug-likeness (QED) is 0.797. The fourth-order valence-electron chi connectivity index (χ4n) is 2.58. The topological polar surface area (TPSA) is 60.9 Å². The van der Waals surface area contributed by atoms with Crippen molar-refractivity contribution in [2.75, 3.05) is 39.8 Å². The van der Waals surface area contributed by atoms with Crippen LogP contribution < -0.4 is 0 Å². The van der Waals surface area contributed by atoms with Crippen molar-refractivity contribution in [1.29, 1.82) is 0 Å². The van der Waals surface area contributed by atoms with Crippen molar-refractivity contribution in [1.82, 2.24) is 14.1 Å². The smallest absolute Gasteiger partial charge is 0.243 e. The van der Waals surface area contributed by atoms with Gasteiger partial charge in [-0.3, -0.25) is 9.69 Å². The Labute approximate surface area is 145 Å². The van der Waals surface area contributed by atoms with Crippen LogP contribution in [0.5, 0.6) is 0 Å². The number of hydrogen-bond acceptors (Lipinski definition) is 4. The molecule has 1 aromatic rings. The van der Waals surface area contributed by atoms with Crippen molar-refractivity contribution in [3.8, 4) is 0 Å². The lowest BCUT2D eigenvalue weighted by atomic mass is 10.2. The van der Waals surface area contributed by atoms with Gasteiger partial charge in [-0.2, -0.15) is 4.31 Å². The first-order chi connectivity index (χ1) is 11.2. The first-order valence-electron chi connectivity index (χ1n) is 8.26. The predicted octanol–water partition coefficient (Wildman–Crippen LogP) is 1.17. The summed E-state index contributed by atoms with van der Waals surface area (Å²) in [6.45, 7) is 8.19. The Morgan fingerprint density at radius 3 is 2.17 bits per heavy atom. The lowest BCUT2D eigenvalue weighted by Crippen LogP contribution is -2.51. The van der Waals surface area contributed by atoms with Crippen LogP contribution in [0.4, 0.5) is 0 Å². The van der Waals surface area contributed by atoms with Crippen LogP contribution in [-0.4, -0.2) is 74.2 Å². The zero-order valence-corrected chi connectivity index (χ0v) is 15.7. The number of amides is 1. The second kappa shape index (κ2) is 7.63. The maximum Gasteiger partial charge on any atom is 0.243 e. The van der Waals surface area contributed by atoms with E-state index < -0.39 is 10.0 Å².